The fourth-order valence-electron chi connectivity index (χ4n) is 3.32. The van der Waals surface area contributed by atoms with E-state index in [4.69, 9.17) is 9.47 Å². The zero-order valence-corrected chi connectivity index (χ0v) is 13.7. The van der Waals surface area contributed by atoms with E-state index in [1.165, 1.54) is 5.69 Å². The van der Waals surface area contributed by atoms with E-state index in [1.54, 1.807) is 11.8 Å². The second-order valence-electron chi connectivity index (χ2n) is 6.01. The van der Waals surface area contributed by atoms with E-state index >= 15 is 0 Å². The molecule has 5 nitrogen and oxygen atoms in total. The van der Waals surface area contributed by atoms with Crippen molar-refractivity contribution < 1.29 is 9.47 Å². The van der Waals surface area contributed by atoms with Crippen molar-refractivity contribution in [2.24, 2.45) is 7.05 Å². The molecule has 2 saturated heterocycles. The highest BCUT2D eigenvalue weighted by Crippen LogP contribution is 2.34. The molecule has 0 amide bonds. The third-order valence-corrected chi connectivity index (χ3v) is 5.44. The fraction of sp³-hybridized carbons (Fsp3) is 0.800. The minimum atomic E-state index is 0.0606. The minimum Gasteiger partial charge on any atom is -0.381 e. The first-order chi connectivity index (χ1) is 10.2. The van der Waals surface area contributed by atoms with Gasteiger partial charge in [0.15, 0.2) is 5.16 Å². The van der Waals surface area contributed by atoms with E-state index in [0.717, 1.165) is 57.2 Å². The smallest absolute Gasteiger partial charge is 0.167 e. The van der Waals surface area contributed by atoms with Gasteiger partial charge >= 0.3 is 0 Å². The topological polar surface area (TPSA) is 48.3 Å². The van der Waals surface area contributed by atoms with Crippen LogP contribution >= 0.6 is 11.8 Å². The third-order valence-electron chi connectivity index (χ3n) is 4.69. The summed E-state index contributed by atoms with van der Waals surface area (Å²) in [4.78, 5) is 4.43. The van der Waals surface area contributed by atoms with Gasteiger partial charge in [0.2, 0.25) is 0 Å². The Morgan fingerprint density at radius 1 is 1.43 bits per heavy atom. The lowest BCUT2D eigenvalue weighted by Crippen LogP contribution is -2.49. The van der Waals surface area contributed by atoms with Crippen molar-refractivity contribution in [1.82, 2.24) is 14.9 Å². The molecule has 2 fully saturated rings. The minimum absolute atomic E-state index is 0.0606. The predicted octanol–water partition coefficient (Wildman–Crippen LogP) is 1.96. The molecule has 0 saturated carbocycles. The molecule has 2 aliphatic heterocycles. The third kappa shape index (κ3) is 3.44. The average Bonchev–Trinajstić information content (AvgIpc) is 2.86. The van der Waals surface area contributed by atoms with E-state index in [1.807, 2.05) is 6.20 Å². The van der Waals surface area contributed by atoms with Gasteiger partial charge in [-0.1, -0.05) is 11.8 Å². The van der Waals surface area contributed by atoms with Crippen LogP contribution in [0.1, 0.15) is 31.4 Å². The Labute approximate surface area is 130 Å². The largest absolute Gasteiger partial charge is 0.381 e. The molecule has 0 aromatic carbocycles. The maximum Gasteiger partial charge on any atom is 0.167 e. The monoisotopic (exact) mass is 311 g/mol. The van der Waals surface area contributed by atoms with Gasteiger partial charge in [-0.05, 0) is 31.9 Å². The molecule has 1 atom stereocenters. The zero-order valence-electron chi connectivity index (χ0n) is 12.9. The van der Waals surface area contributed by atoms with Crippen LogP contribution < -0.4 is 5.32 Å². The number of nitrogens with one attached hydrogen (secondary N) is 1. The van der Waals surface area contributed by atoms with Gasteiger partial charge < -0.3 is 19.4 Å². The molecular formula is C15H25N3O2S. The van der Waals surface area contributed by atoms with Crippen molar-refractivity contribution in [3.63, 3.8) is 0 Å². The summed E-state index contributed by atoms with van der Waals surface area (Å²) >= 11 is 1.69. The van der Waals surface area contributed by atoms with Gasteiger partial charge in [0, 0.05) is 39.5 Å². The molecule has 1 aromatic heterocycles. The Bertz CT molecular complexity index is 466. The number of ether oxygens (including phenoxy) is 2. The highest BCUT2D eigenvalue weighted by molar-refractivity contribution is 7.98. The number of imidazole rings is 1. The van der Waals surface area contributed by atoms with Crippen molar-refractivity contribution in [2.75, 3.05) is 26.1 Å². The molecule has 0 aliphatic carbocycles. The van der Waals surface area contributed by atoms with Crippen LogP contribution in [0.4, 0.5) is 0 Å². The van der Waals surface area contributed by atoms with E-state index < -0.39 is 0 Å². The zero-order chi connectivity index (χ0) is 14.7. The molecule has 1 N–H and O–H groups in total. The molecule has 2 aliphatic rings. The predicted molar refractivity (Wildman–Crippen MR) is 83.6 cm³/mol. The second-order valence-corrected chi connectivity index (χ2v) is 6.78. The Morgan fingerprint density at radius 3 is 2.95 bits per heavy atom. The van der Waals surface area contributed by atoms with Crippen molar-refractivity contribution in [2.45, 2.75) is 49.0 Å². The maximum atomic E-state index is 6.09. The molecule has 118 valence electrons. The maximum absolute atomic E-state index is 6.09. The molecule has 6 heteroatoms. The average molecular weight is 311 g/mol. The quantitative estimate of drug-likeness (QED) is 0.862. The summed E-state index contributed by atoms with van der Waals surface area (Å²) in [5.74, 6) is 0. The van der Waals surface area contributed by atoms with E-state index in [0.29, 0.717) is 6.04 Å². The lowest BCUT2D eigenvalue weighted by molar-refractivity contribution is -0.140. The summed E-state index contributed by atoms with van der Waals surface area (Å²) in [6.07, 6.45) is 8.30. The molecule has 3 rings (SSSR count). The summed E-state index contributed by atoms with van der Waals surface area (Å²) in [6.45, 7) is 3.41. The second kappa shape index (κ2) is 6.69. The summed E-state index contributed by atoms with van der Waals surface area (Å²) in [5.41, 5.74) is 1.30. The van der Waals surface area contributed by atoms with Crippen LogP contribution in [-0.4, -0.2) is 47.3 Å². The Kier molecular flexibility index (Phi) is 4.88. The van der Waals surface area contributed by atoms with Gasteiger partial charge in [0.1, 0.15) is 0 Å². The number of rotatable bonds is 4. The number of aromatic nitrogens is 2. The number of nitrogens with zero attached hydrogens (tertiary/aromatic N) is 2. The SMILES string of the molecule is CSc1ncc(CNC2CCOC3(CCOCC3)C2)n1C. The van der Waals surface area contributed by atoms with E-state index in [9.17, 15) is 0 Å². The molecule has 1 spiro atoms. The standard InChI is InChI=1S/C15H25N3O2S/c1-18-13(11-17-14(18)21-2)10-16-12-3-6-20-15(9-12)4-7-19-8-5-15/h11-12,16H,3-10H2,1-2H3. The molecular weight excluding hydrogens is 286 g/mol. The molecule has 1 unspecified atom stereocenters. The molecule has 0 bridgehead atoms. The fourth-order valence-corrected chi connectivity index (χ4v) is 3.87. The first-order valence-electron chi connectivity index (χ1n) is 7.72. The van der Waals surface area contributed by atoms with Crippen LogP contribution in [0, 0.1) is 0 Å². The summed E-state index contributed by atoms with van der Waals surface area (Å²) in [7, 11) is 2.08. The molecule has 21 heavy (non-hydrogen) atoms. The van der Waals surface area contributed by atoms with Crippen LogP contribution in [0.25, 0.3) is 0 Å². The summed E-state index contributed by atoms with van der Waals surface area (Å²) in [5, 5.41) is 4.77. The first kappa shape index (κ1) is 15.3. The Morgan fingerprint density at radius 2 is 2.24 bits per heavy atom. The molecule has 1 aromatic rings. The van der Waals surface area contributed by atoms with Crippen LogP contribution in [0.3, 0.4) is 0 Å². The summed E-state index contributed by atoms with van der Waals surface area (Å²) in [6, 6.07) is 0.532. The highest BCUT2D eigenvalue weighted by atomic mass is 32.2. The molecule has 0 radical (unpaired) electrons. The van der Waals surface area contributed by atoms with Crippen LogP contribution in [-0.2, 0) is 23.1 Å². The van der Waals surface area contributed by atoms with Gasteiger partial charge in [-0.3, -0.25) is 0 Å². The van der Waals surface area contributed by atoms with Crippen LogP contribution in [0.15, 0.2) is 11.4 Å². The van der Waals surface area contributed by atoms with Crippen molar-refractivity contribution in [3.05, 3.63) is 11.9 Å². The number of hydrogen-bond donors (Lipinski definition) is 1. The Balaban J connectivity index is 1.56. The van der Waals surface area contributed by atoms with E-state index in [2.05, 4.69) is 28.2 Å². The van der Waals surface area contributed by atoms with Gasteiger partial charge in [-0.25, -0.2) is 4.98 Å². The van der Waals surface area contributed by atoms with Gasteiger partial charge in [0.25, 0.3) is 0 Å². The lowest BCUT2D eigenvalue weighted by atomic mass is 9.84. The van der Waals surface area contributed by atoms with Crippen LogP contribution in [0.5, 0.6) is 0 Å². The lowest BCUT2D eigenvalue weighted by Gasteiger charge is -2.43. The van der Waals surface area contributed by atoms with Gasteiger partial charge in [-0.15, -0.1) is 0 Å². The van der Waals surface area contributed by atoms with Gasteiger partial charge in [-0.2, -0.15) is 0 Å². The van der Waals surface area contributed by atoms with Crippen LogP contribution in [0.2, 0.25) is 0 Å². The van der Waals surface area contributed by atoms with Crippen molar-refractivity contribution >= 4 is 11.8 Å². The first-order valence-corrected chi connectivity index (χ1v) is 8.95. The summed E-state index contributed by atoms with van der Waals surface area (Å²) < 4.78 is 13.7. The Hall–Kier alpha value is -0.560. The van der Waals surface area contributed by atoms with Crippen molar-refractivity contribution in [3.8, 4) is 0 Å². The normalized spacial score (nSPS) is 25.3. The van der Waals surface area contributed by atoms with E-state index in [-0.39, 0.29) is 5.60 Å². The van der Waals surface area contributed by atoms with Gasteiger partial charge in [0.05, 0.1) is 17.5 Å². The number of thioether (sulfide) groups is 1. The number of hydrogen-bond acceptors (Lipinski definition) is 5. The molecule has 3 heterocycles. The highest BCUT2D eigenvalue weighted by Gasteiger charge is 2.38. The van der Waals surface area contributed by atoms with Crippen molar-refractivity contribution in [1.29, 1.82) is 0 Å².